The second kappa shape index (κ2) is 5.46. The highest BCUT2D eigenvalue weighted by molar-refractivity contribution is 4.92. The van der Waals surface area contributed by atoms with Gasteiger partial charge in [-0.1, -0.05) is 6.42 Å². The maximum Gasteiger partial charge on any atom is 0.122 e. The van der Waals surface area contributed by atoms with Gasteiger partial charge in [0.1, 0.15) is 5.82 Å². The Labute approximate surface area is 96.9 Å². The first-order valence-electron chi connectivity index (χ1n) is 6.12. The minimum absolute atomic E-state index is 0.293. The summed E-state index contributed by atoms with van der Waals surface area (Å²) < 4.78 is 2.07. The number of nitrogens with zero attached hydrogens (tertiary/aromatic N) is 3. The molecule has 2 heterocycles. The maximum absolute atomic E-state index is 9.07. The summed E-state index contributed by atoms with van der Waals surface area (Å²) >= 11 is 0. The van der Waals surface area contributed by atoms with Gasteiger partial charge in [-0.2, -0.15) is 0 Å². The summed E-state index contributed by atoms with van der Waals surface area (Å²) in [4.78, 5) is 6.82. The van der Waals surface area contributed by atoms with Gasteiger partial charge in [0.25, 0.3) is 0 Å². The molecule has 1 N–H and O–H groups in total. The minimum Gasteiger partial charge on any atom is -0.396 e. The van der Waals surface area contributed by atoms with E-state index in [9.17, 15) is 0 Å². The zero-order valence-electron chi connectivity index (χ0n) is 9.97. The van der Waals surface area contributed by atoms with Crippen LogP contribution in [0.3, 0.4) is 0 Å². The van der Waals surface area contributed by atoms with Gasteiger partial charge in [-0.05, 0) is 25.8 Å². The summed E-state index contributed by atoms with van der Waals surface area (Å²) in [5, 5.41) is 9.07. The Morgan fingerprint density at radius 1 is 1.50 bits per heavy atom. The molecule has 4 nitrogen and oxygen atoms in total. The molecule has 0 aromatic carbocycles. The summed E-state index contributed by atoms with van der Waals surface area (Å²) in [5.74, 6) is 1.12. The molecule has 0 saturated carbocycles. The quantitative estimate of drug-likeness (QED) is 0.832. The van der Waals surface area contributed by atoms with Crippen LogP contribution < -0.4 is 0 Å². The molecular formula is C12H21N3O. The molecule has 1 aliphatic rings. The molecule has 0 amide bonds. The van der Waals surface area contributed by atoms with Gasteiger partial charge in [0.2, 0.25) is 0 Å². The Morgan fingerprint density at radius 2 is 2.38 bits per heavy atom. The number of aliphatic hydroxyl groups excluding tert-OH is 1. The van der Waals surface area contributed by atoms with E-state index in [1.54, 1.807) is 0 Å². The molecule has 1 fully saturated rings. The number of aromatic nitrogens is 2. The fourth-order valence-electron chi connectivity index (χ4n) is 2.47. The van der Waals surface area contributed by atoms with Crippen LogP contribution in [0.15, 0.2) is 12.4 Å². The van der Waals surface area contributed by atoms with Gasteiger partial charge < -0.3 is 9.67 Å². The molecule has 16 heavy (non-hydrogen) atoms. The predicted octanol–water partition coefficient (Wildman–Crippen LogP) is 1.16. The summed E-state index contributed by atoms with van der Waals surface area (Å²) in [6.45, 7) is 2.34. The number of aryl methyl sites for hydroxylation is 1. The molecule has 90 valence electrons. The Balaban J connectivity index is 1.98. The van der Waals surface area contributed by atoms with Gasteiger partial charge in [-0.15, -0.1) is 0 Å². The average Bonchev–Trinajstić information content (AvgIpc) is 2.68. The fraction of sp³-hybridized carbons (Fsp3) is 0.750. The predicted molar refractivity (Wildman–Crippen MR) is 63.0 cm³/mol. The molecule has 0 bridgehead atoms. The number of likely N-dealkylation sites (tertiary alicyclic amines) is 1. The first kappa shape index (κ1) is 11.6. The molecular weight excluding hydrogens is 202 g/mol. The molecule has 0 spiro atoms. The van der Waals surface area contributed by atoms with Crippen molar-refractivity contribution in [3.63, 3.8) is 0 Å². The average molecular weight is 223 g/mol. The standard InChI is InChI=1S/C12H21N3O/c1-14-8-6-13-12(14)10-15-7-3-2-4-11(15)5-9-16/h6,8,11,16H,2-5,7,9-10H2,1H3. The van der Waals surface area contributed by atoms with Crippen molar-refractivity contribution in [2.45, 2.75) is 38.3 Å². The van der Waals surface area contributed by atoms with Crippen LogP contribution in [-0.2, 0) is 13.6 Å². The Bertz CT molecular complexity index is 322. The molecule has 1 aromatic rings. The maximum atomic E-state index is 9.07. The number of aliphatic hydroxyl groups is 1. The van der Waals surface area contributed by atoms with Gasteiger partial charge in [0.15, 0.2) is 0 Å². The number of hydrogen-bond acceptors (Lipinski definition) is 3. The molecule has 1 aliphatic heterocycles. The summed E-state index contributed by atoms with van der Waals surface area (Å²) in [7, 11) is 2.04. The van der Waals surface area contributed by atoms with Crippen molar-refractivity contribution in [2.75, 3.05) is 13.2 Å². The van der Waals surface area contributed by atoms with E-state index in [1.807, 2.05) is 19.4 Å². The molecule has 1 aromatic heterocycles. The molecule has 0 radical (unpaired) electrons. The van der Waals surface area contributed by atoms with E-state index in [2.05, 4.69) is 14.5 Å². The van der Waals surface area contributed by atoms with Crippen LogP contribution in [0.1, 0.15) is 31.5 Å². The highest BCUT2D eigenvalue weighted by Gasteiger charge is 2.22. The largest absolute Gasteiger partial charge is 0.396 e. The normalized spacial score (nSPS) is 22.5. The lowest BCUT2D eigenvalue weighted by atomic mass is 10.00. The first-order valence-corrected chi connectivity index (χ1v) is 6.12. The lowest BCUT2D eigenvalue weighted by molar-refractivity contribution is 0.109. The van der Waals surface area contributed by atoms with Crippen LogP contribution in [0.5, 0.6) is 0 Å². The second-order valence-corrected chi connectivity index (χ2v) is 4.59. The van der Waals surface area contributed by atoms with E-state index in [-0.39, 0.29) is 0 Å². The van der Waals surface area contributed by atoms with Gasteiger partial charge in [-0.25, -0.2) is 4.98 Å². The second-order valence-electron chi connectivity index (χ2n) is 4.59. The monoisotopic (exact) mass is 223 g/mol. The zero-order valence-corrected chi connectivity index (χ0v) is 9.97. The molecule has 2 rings (SSSR count). The topological polar surface area (TPSA) is 41.3 Å². The fourth-order valence-corrected chi connectivity index (χ4v) is 2.47. The number of imidazole rings is 1. The zero-order chi connectivity index (χ0) is 11.4. The molecule has 1 unspecified atom stereocenters. The number of piperidine rings is 1. The molecule has 0 aliphatic carbocycles. The van der Waals surface area contributed by atoms with Crippen LogP contribution in [0.2, 0.25) is 0 Å². The van der Waals surface area contributed by atoms with E-state index in [4.69, 9.17) is 5.11 Å². The van der Waals surface area contributed by atoms with Gasteiger partial charge in [0.05, 0.1) is 6.54 Å². The highest BCUT2D eigenvalue weighted by Crippen LogP contribution is 2.21. The Morgan fingerprint density at radius 3 is 3.06 bits per heavy atom. The van der Waals surface area contributed by atoms with Crippen LogP contribution >= 0.6 is 0 Å². The van der Waals surface area contributed by atoms with Gasteiger partial charge in [-0.3, -0.25) is 4.90 Å². The van der Waals surface area contributed by atoms with Crippen molar-refractivity contribution >= 4 is 0 Å². The smallest absolute Gasteiger partial charge is 0.122 e. The number of rotatable bonds is 4. The van der Waals surface area contributed by atoms with Crippen molar-refractivity contribution in [1.29, 1.82) is 0 Å². The van der Waals surface area contributed by atoms with E-state index < -0.39 is 0 Å². The summed E-state index contributed by atoms with van der Waals surface area (Å²) in [6, 6.07) is 0.537. The SMILES string of the molecule is Cn1ccnc1CN1CCCCC1CCO. The third-order valence-electron chi connectivity index (χ3n) is 3.48. The lowest BCUT2D eigenvalue weighted by Crippen LogP contribution is -2.40. The molecule has 4 heteroatoms. The van der Waals surface area contributed by atoms with Crippen LogP contribution in [0.25, 0.3) is 0 Å². The van der Waals surface area contributed by atoms with E-state index >= 15 is 0 Å². The van der Waals surface area contributed by atoms with Crippen LogP contribution in [0, 0.1) is 0 Å². The summed E-state index contributed by atoms with van der Waals surface area (Å²) in [5.41, 5.74) is 0. The van der Waals surface area contributed by atoms with E-state index in [0.29, 0.717) is 12.6 Å². The van der Waals surface area contributed by atoms with E-state index in [0.717, 1.165) is 25.3 Å². The third-order valence-corrected chi connectivity index (χ3v) is 3.48. The van der Waals surface area contributed by atoms with Crippen molar-refractivity contribution < 1.29 is 5.11 Å². The van der Waals surface area contributed by atoms with Crippen LogP contribution in [-0.4, -0.2) is 38.8 Å². The molecule has 1 saturated heterocycles. The van der Waals surface area contributed by atoms with Crippen molar-refractivity contribution in [1.82, 2.24) is 14.5 Å². The number of hydrogen-bond donors (Lipinski definition) is 1. The first-order chi connectivity index (χ1) is 7.81. The third kappa shape index (κ3) is 2.62. The van der Waals surface area contributed by atoms with Crippen molar-refractivity contribution in [3.8, 4) is 0 Å². The van der Waals surface area contributed by atoms with Crippen molar-refractivity contribution in [3.05, 3.63) is 18.2 Å². The highest BCUT2D eigenvalue weighted by atomic mass is 16.3. The van der Waals surface area contributed by atoms with Crippen LogP contribution in [0.4, 0.5) is 0 Å². The van der Waals surface area contributed by atoms with Crippen molar-refractivity contribution in [2.24, 2.45) is 7.05 Å². The lowest BCUT2D eigenvalue weighted by Gasteiger charge is -2.35. The summed E-state index contributed by atoms with van der Waals surface area (Å²) in [6.07, 6.45) is 8.50. The Kier molecular flexibility index (Phi) is 3.96. The Hall–Kier alpha value is -0.870. The molecule has 1 atom stereocenters. The van der Waals surface area contributed by atoms with Gasteiger partial charge in [0, 0.05) is 32.1 Å². The van der Waals surface area contributed by atoms with Gasteiger partial charge >= 0.3 is 0 Å². The minimum atomic E-state index is 0.293. The van der Waals surface area contributed by atoms with E-state index in [1.165, 1.54) is 19.3 Å².